The van der Waals surface area contributed by atoms with Crippen LogP contribution in [0.4, 0.5) is 0 Å². The Bertz CT molecular complexity index is 782. The van der Waals surface area contributed by atoms with E-state index in [4.69, 9.17) is 0 Å². The van der Waals surface area contributed by atoms with Gasteiger partial charge in [-0.25, -0.2) is 0 Å². The largest absolute Gasteiger partial charge is 0.299 e. The van der Waals surface area contributed by atoms with Crippen molar-refractivity contribution in [3.8, 4) is 0 Å². The molecule has 0 amide bonds. The Morgan fingerprint density at radius 2 is 1.00 bits per heavy atom. The number of carbonyl (C=O) groups excluding carboxylic acids is 3. The molecule has 6 rings (SSSR count). The molecule has 2 bridgehead atoms. The molecule has 0 N–H and O–H groups in total. The minimum absolute atomic E-state index is 0.0899. The second-order valence-corrected chi connectivity index (χ2v) is 22.9. The van der Waals surface area contributed by atoms with Gasteiger partial charge in [0.25, 0.3) is 0 Å². The predicted molar refractivity (Wildman–Crippen MR) is 104 cm³/mol. The van der Waals surface area contributed by atoms with E-state index in [1.165, 1.54) is 0 Å². The first kappa shape index (κ1) is 16.4. The fourth-order valence-corrected chi connectivity index (χ4v) is 19.2. The fraction of sp³-hybridized carbons (Fsp3) is 0.857. The standard InChI is InChI=1S/C21H30O3Si2/c1-25(2,3)20-13-14-16(23)12-11(15(13)22)18(20)9-7-8-10-19(12,18)21(14,17(20)24)26(4,5)6/h11-14H,7-10H2,1-6H3/t11-,12+,13+,14-,18-,19-,20+,21-/m1/s1. The van der Waals surface area contributed by atoms with Crippen LogP contribution in [0.15, 0.2) is 0 Å². The van der Waals surface area contributed by atoms with E-state index < -0.39 is 26.2 Å². The number of rotatable bonds is 2. The smallest absolute Gasteiger partial charge is 0.142 e. The van der Waals surface area contributed by atoms with Crippen LogP contribution in [0.25, 0.3) is 0 Å². The molecule has 140 valence electrons. The second kappa shape index (κ2) is 3.68. The van der Waals surface area contributed by atoms with Gasteiger partial charge in [0, 0.05) is 33.7 Å². The van der Waals surface area contributed by atoms with Crippen molar-refractivity contribution in [2.24, 2.45) is 34.5 Å². The highest BCUT2D eigenvalue weighted by Gasteiger charge is 3.09. The van der Waals surface area contributed by atoms with Crippen molar-refractivity contribution in [2.75, 3.05) is 0 Å². The van der Waals surface area contributed by atoms with Crippen molar-refractivity contribution in [3.05, 3.63) is 0 Å². The van der Waals surface area contributed by atoms with Crippen LogP contribution in [-0.4, -0.2) is 33.5 Å². The number of carbonyl (C=O) groups is 3. The molecule has 0 aromatic carbocycles. The number of fused-ring (bicyclic) bond motifs is 2. The van der Waals surface area contributed by atoms with E-state index in [1.807, 2.05) is 0 Å². The maximum absolute atomic E-state index is 14.7. The summed E-state index contributed by atoms with van der Waals surface area (Å²) in [6.45, 7) is 14.0. The van der Waals surface area contributed by atoms with Crippen LogP contribution in [0, 0.1) is 34.5 Å². The van der Waals surface area contributed by atoms with Crippen LogP contribution in [0.5, 0.6) is 0 Å². The van der Waals surface area contributed by atoms with E-state index >= 15 is 0 Å². The van der Waals surface area contributed by atoms with Gasteiger partial charge < -0.3 is 0 Å². The Morgan fingerprint density at radius 1 is 0.654 bits per heavy atom. The number of Topliss-reactive ketones (excluding diaryl/α,β-unsaturated/α-hetero) is 3. The molecule has 0 saturated heterocycles. The molecule has 2 spiro atoms. The Balaban J connectivity index is 1.85. The highest BCUT2D eigenvalue weighted by atomic mass is 28.3. The normalized spacial score (nSPS) is 58.6. The Hall–Kier alpha value is -0.556. The van der Waals surface area contributed by atoms with Crippen LogP contribution in [0.1, 0.15) is 25.7 Å². The van der Waals surface area contributed by atoms with E-state index in [0.29, 0.717) is 17.3 Å². The van der Waals surface area contributed by atoms with E-state index in [1.54, 1.807) is 0 Å². The quantitative estimate of drug-likeness (QED) is 0.676. The highest BCUT2D eigenvalue weighted by Crippen LogP contribution is 3.06. The van der Waals surface area contributed by atoms with Gasteiger partial charge in [0.05, 0.1) is 16.1 Å². The van der Waals surface area contributed by atoms with Crippen molar-refractivity contribution >= 4 is 33.5 Å². The summed E-state index contributed by atoms with van der Waals surface area (Å²) in [6, 6.07) is 0. The molecule has 0 aliphatic heterocycles. The first-order valence-corrected chi connectivity index (χ1v) is 17.5. The first-order chi connectivity index (χ1) is 11.9. The summed E-state index contributed by atoms with van der Waals surface area (Å²) in [5, 5.41) is -0.869. The second-order valence-electron chi connectivity index (χ2n) is 12.3. The minimum atomic E-state index is -2.01. The van der Waals surface area contributed by atoms with Crippen LogP contribution in [0.3, 0.4) is 0 Å². The van der Waals surface area contributed by atoms with Crippen molar-refractivity contribution in [3.63, 3.8) is 0 Å². The average molecular weight is 387 g/mol. The lowest BCUT2D eigenvalue weighted by atomic mass is 9.35. The van der Waals surface area contributed by atoms with Gasteiger partial charge in [0.1, 0.15) is 17.3 Å². The molecule has 6 saturated carbocycles. The van der Waals surface area contributed by atoms with E-state index in [0.717, 1.165) is 25.7 Å². The molecule has 0 heterocycles. The van der Waals surface area contributed by atoms with Gasteiger partial charge in [-0.3, -0.25) is 14.4 Å². The third-order valence-corrected chi connectivity index (χ3v) is 17.3. The summed E-state index contributed by atoms with van der Waals surface area (Å²) in [6.07, 6.45) is 4.37. The number of hydrogen-bond donors (Lipinski definition) is 0. The van der Waals surface area contributed by atoms with Gasteiger partial charge in [0.2, 0.25) is 0 Å². The van der Waals surface area contributed by atoms with Crippen LogP contribution in [0.2, 0.25) is 49.4 Å². The summed E-state index contributed by atoms with van der Waals surface area (Å²) in [4.78, 5) is 42.0. The van der Waals surface area contributed by atoms with Gasteiger partial charge >= 0.3 is 0 Å². The molecular formula is C21H30O3Si2. The van der Waals surface area contributed by atoms with Crippen molar-refractivity contribution in [2.45, 2.75) is 75.0 Å². The van der Waals surface area contributed by atoms with Gasteiger partial charge in [-0.15, -0.1) is 0 Å². The summed E-state index contributed by atoms with van der Waals surface area (Å²) >= 11 is 0. The lowest BCUT2D eigenvalue weighted by Crippen LogP contribution is -2.71. The topological polar surface area (TPSA) is 51.2 Å². The molecule has 0 aromatic heterocycles. The molecule has 0 aromatic rings. The number of hydrogen-bond acceptors (Lipinski definition) is 3. The van der Waals surface area contributed by atoms with Gasteiger partial charge in [-0.1, -0.05) is 52.1 Å². The van der Waals surface area contributed by atoms with Gasteiger partial charge in [-0.05, 0) is 23.7 Å². The number of ketones is 3. The Kier molecular flexibility index (Phi) is 2.32. The zero-order valence-electron chi connectivity index (χ0n) is 16.9. The maximum atomic E-state index is 14.7. The molecule has 6 fully saturated rings. The molecule has 26 heavy (non-hydrogen) atoms. The molecule has 6 aliphatic rings. The minimum Gasteiger partial charge on any atom is -0.299 e. The fourth-order valence-electron chi connectivity index (χ4n) is 11.1. The molecule has 3 nitrogen and oxygen atoms in total. The average Bonchev–Trinajstić information content (AvgIpc) is 2.87. The van der Waals surface area contributed by atoms with Crippen molar-refractivity contribution in [1.29, 1.82) is 0 Å². The molecule has 8 atom stereocenters. The maximum Gasteiger partial charge on any atom is 0.142 e. The van der Waals surface area contributed by atoms with E-state index in [-0.39, 0.29) is 34.5 Å². The third-order valence-electron chi connectivity index (χ3n) is 10.6. The lowest BCUT2D eigenvalue weighted by molar-refractivity contribution is -0.203. The predicted octanol–water partition coefficient (Wildman–Crippen LogP) is 3.93. The molecule has 6 aliphatic carbocycles. The monoisotopic (exact) mass is 386 g/mol. The van der Waals surface area contributed by atoms with Crippen LogP contribution < -0.4 is 0 Å². The van der Waals surface area contributed by atoms with Crippen molar-refractivity contribution in [1.82, 2.24) is 0 Å². The summed E-state index contributed by atoms with van der Waals surface area (Å²) < 4.78 is 0. The van der Waals surface area contributed by atoms with E-state index in [9.17, 15) is 14.4 Å². The summed E-state index contributed by atoms with van der Waals surface area (Å²) in [5.41, 5.74) is -0.260. The van der Waals surface area contributed by atoms with Crippen LogP contribution in [-0.2, 0) is 14.4 Å². The van der Waals surface area contributed by atoms with Crippen LogP contribution >= 0.6 is 0 Å². The lowest BCUT2D eigenvalue weighted by Gasteiger charge is -2.72. The van der Waals surface area contributed by atoms with Gasteiger partial charge in [0.15, 0.2) is 0 Å². The summed E-state index contributed by atoms with van der Waals surface area (Å²) in [5.74, 6) is 0.494. The zero-order valence-corrected chi connectivity index (χ0v) is 18.9. The van der Waals surface area contributed by atoms with Gasteiger partial charge in [-0.2, -0.15) is 0 Å². The Labute approximate surface area is 157 Å². The molecule has 0 radical (unpaired) electrons. The molecule has 0 unspecified atom stereocenters. The SMILES string of the molecule is C[Si](C)(C)[C@@]12C(=O)[C@@]3([Si](C)(C)C)[C@@H]4C(=O)[C@H]5[C@@H](C(=O)[C@@H]41)[C@@]21CCCC[C@@]513. The first-order valence-electron chi connectivity index (χ1n) is 10.5. The van der Waals surface area contributed by atoms with E-state index in [2.05, 4.69) is 39.3 Å². The summed E-state index contributed by atoms with van der Waals surface area (Å²) in [7, 11) is -4.01. The highest BCUT2D eigenvalue weighted by molar-refractivity contribution is 6.90. The Morgan fingerprint density at radius 3 is 1.31 bits per heavy atom. The molecular weight excluding hydrogens is 356 g/mol. The zero-order chi connectivity index (χ0) is 18.9. The molecule has 5 heteroatoms. The van der Waals surface area contributed by atoms with Crippen molar-refractivity contribution < 1.29 is 14.4 Å². The third kappa shape index (κ3) is 0.918.